The van der Waals surface area contributed by atoms with Crippen molar-refractivity contribution in [3.63, 3.8) is 0 Å². The van der Waals surface area contributed by atoms with Crippen LogP contribution in [0.25, 0.3) is 0 Å². The van der Waals surface area contributed by atoms with Crippen LogP contribution in [0.1, 0.15) is 60.6 Å². The molecule has 0 amide bonds. The van der Waals surface area contributed by atoms with Crippen molar-refractivity contribution in [1.29, 1.82) is 0 Å². The van der Waals surface area contributed by atoms with E-state index >= 15 is 0 Å². The molecule has 0 spiro atoms. The predicted octanol–water partition coefficient (Wildman–Crippen LogP) is 4.30. The van der Waals surface area contributed by atoms with E-state index in [1.54, 1.807) is 0 Å². The molecule has 114 valence electrons. The number of nitrogens with zero attached hydrogens (tertiary/aromatic N) is 2. The van der Waals surface area contributed by atoms with Crippen molar-refractivity contribution in [3.8, 4) is 0 Å². The van der Waals surface area contributed by atoms with Gasteiger partial charge in [-0.05, 0) is 32.4 Å². The lowest BCUT2D eigenvalue weighted by Crippen LogP contribution is -2.18. The van der Waals surface area contributed by atoms with Gasteiger partial charge in [0.25, 0.3) is 0 Å². The fourth-order valence-corrected chi connectivity index (χ4v) is 3.25. The molecule has 21 heavy (non-hydrogen) atoms. The molecule has 2 aromatic heterocycles. The number of aryl methyl sites for hydroxylation is 2. The van der Waals surface area contributed by atoms with Crippen molar-refractivity contribution in [2.24, 2.45) is 0 Å². The van der Waals surface area contributed by atoms with E-state index in [9.17, 15) is 0 Å². The number of hydrogen-bond acceptors (Lipinski definition) is 4. The molecule has 1 atom stereocenters. The maximum absolute atomic E-state index is 4.74. The third-order valence-corrected chi connectivity index (χ3v) is 5.22. The van der Waals surface area contributed by atoms with Gasteiger partial charge in [-0.2, -0.15) is 0 Å². The molecular weight excluding hydrogens is 278 g/mol. The van der Waals surface area contributed by atoms with Crippen molar-refractivity contribution in [2.75, 3.05) is 0 Å². The maximum atomic E-state index is 4.74. The maximum Gasteiger partial charge on any atom is 0.0985 e. The predicted molar refractivity (Wildman–Crippen MR) is 89.8 cm³/mol. The van der Waals surface area contributed by atoms with Crippen LogP contribution < -0.4 is 5.32 Å². The summed E-state index contributed by atoms with van der Waals surface area (Å²) in [5, 5.41) is 4.78. The summed E-state index contributed by atoms with van der Waals surface area (Å²) in [6, 6.07) is 4.49. The van der Waals surface area contributed by atoms with Crippen molar-refractivity contribution in [1.82, 2.24) is 15.3 Å². The fraction of sp³-hybridized carbons (Fsp3) is 0.529. The summed E-state index contributed by atoms with van der Waals surface area (Å²) in [6.07, 6.45) is 1.94. The summed E-state index contributed by atoms with van der Waals surface area (Å²) in [7, 11) is 0. The summed E-state index contributed by atoms with van der Waals surface area (Å²) in [5.41, 5.74) is 3.53. The standard InChI is InChI=1S/C17H25N3S/c1-11-7-8-14(9-18-11)10-19-12(2)15-13(3)20-16(21-15)17(4,5)6/h7-9,12,19H,10H2,1-6H3. The summed E-state index contributed by atoms with van der Waals surface area (Å²) in [5.74, 6) is 0. The lowest BCUT2D eigenvalue weighted by atomic mass is 9.98. The average molecular weight is 303 g/mol. The Hall–Kier alpha value is -1.26. The highest BCUT2D eigenvalue weighted by Crippen LogP contribution is 2.32. The van der Waals surface area contributed by atoms with Crippen molar-refractivity contribution >= 4 is 11.3 Å². The van der Waals surface area contributed by atoms with Gasteiger partial charge in [-0.15, -0.1) is 11.3 Å². The Bertz CT molecular complexity index is 593. The van der Waals surface area contributed by atoms with Gasteiger partial charge >= 0.3 is 0 Å². The molecule has 0 aliphatic carbocycles. The van der Waals surface area contributed by atoms with Gasteiger partial charge in [-0.1, -0.05) is 26.8 Å². The number of aromatic nitrogens is 2. The number of rotatable bonds is 4. The molecule has 3 nitrogen and oxygen atoms in total. The second-order valence-corrected chi connectivity index (χ2v) is 7.66. The molecular formula is C17H25N3S. The number of pyridine rings is 1. The zero-order chi connectivity index (χ0) is 15.6. The molecule has 0 bridgehead atoms. The number of thiazole rings is 1. The van der Waals surface area contributed by atoms with E-state index in [-0.39, 0.29) is 5.41 Å². The minimum Gasteiger partial charge on any atom is -0.305 e. The van der Waals surface area contributed by atoms with E-state index in [1.807, 2.05) is 24.5 Å². The molecule has 1 N–H and O–H groups in total. The summed E-state index contributed by atoms with van der Waals surface area (Å²) in [4.78, 5) is 10.4. The third-order valence-electron chi connectivity index (χ3n) is 3.45. The molecule has 1 unspecified atom stereocenters. The van der Waals surface area contributed by atoms with Crippen molar-refractivity contribution < 1.29 is 0 Å². The highest BCUT2D eigenvalue weighted by molar-refractivity contribution is 7.12. The van der Waals surface area contributed by atoms with Crippen LogP contribution in [0.15, 0.2) is 18.3 Å². The van der Waals surface area contributed by atoms with Gasteiger partial charge in [0, 0.05) is 34.8 Å². The van der Waals surface area contributed by atoms with Gasteiger partial charge in [0.05, 0.1) is 10.7 Å². The van der Waals surface area contributed by atoms with E-state index in [0.717, 1.165) is 17.9 Å². The molecule has 0 saturated heterocycles. The van der Waals surface area contributed by atoms with Crippen molar-refractivity contribution in [3.05, 3.63) is 45.2 Å². The Balaban J connectivity index is 2.05. The van der Waals surface area contributed by atoms with Gasteiger partial charge in [0.2, 0.25) is 0 Å². The molecule has 0 aromatic carbocycles. The van der Waals surface area contributed by atoms with Gasteiger partial charge in [-0.25, -0.2) is 4.98 Å². The molecule has 0 fully saturated rings. The third kappa shape index (κ3) is 4.11. The van der Waals surface area contributed by atoms with Crippen LogP contribution in [0.4, 0.5) is 0 Å². The Morgan fingerprint density at radius 3 is 2.48 bits per heavy atom. The topological polar surface area (TPSA) is 37.8 Å². The normalized spacial score (nSPS) is 13.4. The van der Waals surface area contributed by atoms with Gasteiger partial charge in [0.1, 0.15) is 0 Å². The fourth-order valence-electron chi connectivity index (χ4n) is 2.10. The lowest BCUT2D eigenvalue weighted by Gasteiger charge is -2.14. The summed E-state index contributed by atoms with van der Waals surface area (Å²) < 4.78 is 0. The highest BCUT2D eigenvalue weighted by atomic mass is 32.1. The molecule has 0 radical (unpaired) electrons. The van der Waals surface area contributed by atoms with Crippen LogP contribution in [0.2, 0.25) is 0 Å². The van der Waals surface area contributed by atoms with Crippen LogP contribution >= 0.6 is 11.3 Å². The Kier molecular flexibility index (Phi) is 4.79. The Morgan fingerprint density at radius 2 is 1.95 bits per heavy atom. The van der Waals surface area contributed by atoms with E-state index in [4.69, 9.17) is 4.98 Å². The first kappa shape index (κ1) is 16.1. The quantitative estimate of drug-likeness (QED) is 0.915. The number of hydrogen-bond donors (Lipinski definition) is 1. The van der Waals surface area contributed by atoms with Crippen LogP contribution in [0.3, 0.4) is 0 Å². The summed E-state index contributed by atoms with van der Waals surface area (Å²) in [6.45, 7) is 13.8. The van der Waals surface area contributed by atoms with E-state index < -0.39 is 0 Å². The first-order valence-corrected chi connectivity index (χ1v) is 8.21. The zero-order valence-corrected chi connectivity index (χ0v) is 14.6. The molecule has 4 heteroatoms. The first-order chi connectivity index (χ1) is 9.77. The van der Waals surface area contributed by atoms with Crippen molar-refractivity contribution in [2.45, 2.75) is 59.5 Å². The minimum atomic E-state index is 0.119. The second kappa shape index (κ2) is 6.24. The largest absolute Gasteiger partial charge is 0.305 e. The smallest absolute Gasteiger partial charge is 0.0985 e. The molecule has 2 heterocycles. The zero-order valence-electron chi connectivity index (χ0n) is 13.8. The van der Waals surface area contributed by atoms with Gasteiger partial charge in [-0.3, -0.25) is 4.98 Å². The Morgan fingerprint density at radius 1 is 1.24 bits per heavy atom. The average Bonchev–Trinajstić information content (AvgIpc) is 2.80. The minimum absolute atomic E-state index is 0.119. The van der Waals surface area contributed by atoms with Crippen LogP contribution in [0.5, 0.6) is 0 Å². The highest BCUT2D eigenvalue weighted by Gasteiger charge is 2.22. The van der Waals surface area contributed by atoms with E-state index in [0.29, 0.717) is 6.04 Å². The lowest BCUT2D eigenvalue weighted by molar-refractivity contribution is 0.576. The Labute approximate surface area is 131 Å². The first-order valence-electron chi connectivity index (χ1n) is 7.40. The second-order valence-electron chi connectivity index (χ2n) is 6.63. The van der Waals surface area contributed by atoms with E-state index in [2.05, 4.69) is 57.1 Å². The van der Waals surface area contributed by atoms with Crippen LogP contribution in [0, 0.1) is 13.8 Å². The molecule has 0 saturated carbocycles. The monoisotopic (exact) mass is 303 g/mol. The number of nitrogens with one attached hydrogen (secondary N) is 1. The van der Waals surface area contributed by atoms with E-state index in [1.165, 1.54) is 15.4 Å². The molecule has 0 aliphatic heterocycles. The van der Waals surface area contributed by atoms with Crippen LogP contribution in [-0.4, -0.2) is 9.97 Å². The molecule has 2 rings (SSSR count). The van der Waals surface area contributed by atoms with Gasteiger partial charge in [0.15, 0.2) is 0 Å². The van der Waals surface area contributed by atoms with Gasteiger partial charge < -0.3 is 5.32 Å². The SMILES string of the molecule is Cc1ccc(CNC(C)c2sc(C(C)(C)C)nc2C)cn1. The molecule has 0 aliphatic rings. The summed E-state index contributed by atoms with van der Waals surface area (Å²) >= 11 is 1.82. The molecule has 2 aromatic rings. The van der Waals surface area contributed by atoms with Crippen LogP contribution in [-0.2, 0) is 12.0 Å².